The van der Waals surface area contributed by atoms with E-state index in [-0.39, 0.29) is 6.07 Å². The van der Waals surface area contributed by atoms with Crippen LogP contribution in [0.25, 0.3) is 0 Å². The van der Waals surface area contributed by atoms with Gasteiger partial charge in [-0.05, 0) is 29.8 Å². The van der Waals surface area contributed by atoms with Crippen molar-refractivity contribution in [2.45, 2.75) is 18.5 Å². The van der Waals surface area contributed by atoms with E-state index in [0.717, 1.165) is 24.3 Å². The molecule has 0 radical (unpaired) electrons. The van der Waals surface area contributed by atoms with Gasteiger partial charge in [0.1, 0.15) is 0 Å². The monoisotopic (exact) mass is 384 g/mol. The lowest BCUT2D eigenvalue weighted by Gasteiger charge is -2.24. The number of hydrogen-bond donors (Lipinski definition) is 1. The Labute approximate surface area is 138 Å². The highest BCUT2D eigenvalue weighted by Gasteiger charge is 2.47. The number of alkyl halides is 6. The van der Waals surface area contributed by atoms with E-state index >= 15 is 0 Å². The van der Waals surface area contributed by atoms with Gasteiger partial charge in [-0.2, -0.15) is 26.3 Å². The summed E-state index contributed by atoms with van der Waals surface area (Å²) in [5, 5.41) is -0.406. The zero-order chi connectivity index (χ0) is 18.9. The van der Waals surface area contributed by atoms with Crippen LogP contribution in [-0.4, -0.2) is 11.1 Å². The summed E-state index contributed by atoms with van der Waals surface area (Å²) in [5.74, 6) is 0. The van der Waals surface area contributed by atoms with Gasteiger partial charge in [-0.3, -0.25) is 9.09 Å². The second-order valence-electron chi connectivity index (χ2n) is 5.01. The van der Waals surface area contributed by atoms with Crippen LogP contribution < -0.4 is 5.30 Å². The maximum Gasteiger partial charge on any atom is 0.419 e. The maximum absolute atomic E-state index is 13.2. The Balaban J connectivity index is 2.44. The highest BCUT2D eigenvalue weighted by atomic mass is 31.2. The average molecular weight is 384 g/mol. The molecule has 0 saturated heterocycles. The molecule has 0 aliphatic carbocycles. The van der Waals surface area contributed by atoms with E-state index in [1.165, 1.54) is 18.2 Å². The molecule has 10 heteroatoms. The fraction of sp³-hybridized carbons (Fsp3) is 0.200. The first-order chi connectivity index (χ1) is 11.4. The Morgan fingerprint density at radius 1 is 0.920 bits per heavy atom. The summed E-state index contributed by atoms with van der Waals surface area (Å²) in [6.45, 7) is 0. The van der Waals surface area contributed by atoms with Crippen LogP contribution in [0.1, 0.15) is 17.2 Å². The molecule has 0 spiro atoms. The Hall–Kier alpha value is -1.83. The maximum atomic E-state index is 13.2. The van der Waals surface area contributed by atoms with Crippen LogP contribution in [0.15, 0.2) is 54.6 Å². The third-order valence-corrected chi connectivity index (χ3v) is 4.59. The van der Waals surface area contributed by atoms with Crippen LogP contribution in [0, 0.1) is 0 Å². The molecule has 0 saturated carbocycles. The number of benzene rings is 2. The third kappa shape index (κ3) is 4.84. The van der Waals surface area contributed by atoms with Crippen molar-refractivity contribution in [3.63, 3.8) is 0 Å². The predicted molar refractivity (Wildman–Crippen MR) is 77.2 cm³/mol. The topological polar surface area (TPSA) is 46.5 Å². The summed E-state index contributed by atoms with van der Waals surface area (Å²) in [6, 6.07) is 8.61. The summed E-state index contributed by atoms with van der Waals surface area (Å²) >= 11 is 0. The molecular formula is C15H11F6O3P. The van der Waals surface area contributed by atoms with E-state index in [2.05, 4.69) is 4.52 Å². The van der Waals surface area contributed by atoms with Crippen molar-refractivity contribution in [1.82, 2.24) is 0 Å². The summed E-state index contributed by atoms with van der Waals surface area (Å²) in [5.41, 5.74) is -2.25. The van der Waals surface area contributed by atoms with Crippen LogP contribution in [0.5, 0.6) is 0 Å². The predicted octanol–water partition coefficient (Wildman–Crippen LogP) is 4.84. The average Bonchev–Trinajstić information content (AvgIpc) is 2.52. The molecular weight excluding hydrogens is 373 g/mol. The normalized spacial score (nSPS) is 16.3. The van der Waals surface area contributed by atoms with Gasteiger partial charge in [0.15, 0.2) is 6.10 Å². The van der Waals surface area contributed by atoms with E-state index in [1.807, 2.05) is 0 Å². The minimum absolute atomic E-state index is 0.239. The highest BCUT2D eigenvalue weighted by molar-refractivity contribution is 7.61. The van der Waals surface area contributed by atoms with E-state index in [1.54, 1.807) is 0 Å². The first kappa shape index (κ1) is 19.5. The number of halogens is 6. The summed E-state index contributed by atoms with van der Waals surface area (Å²) in [6.07, 6.45) is -13.1. The summed E-state index contributed by atoms with van der Waals surface area (Å²) in [7, 11) is -4.92. The van der Waals surface area contributed by atoms with Crippen LogP contribution in [0.4, 0.5) is 26.3 Å². The van der Waals surface area contributed by atoms with Crippen molar-refractivity contribution in [2.75, 3.05) is 0 Å². The van der Waals surface area contributed by atoms with Gasteiger partial charge in [0.05, 0.1) is 10.9 Å². The van der Waals surface area contributed by atoms with Gasteiger partial charge in [-0.1, -0.05) is 30.3 Å². The zero-order valence-electron chi connectivity index (χ0n) is 12.3. The molecule has 3 nitrogen and oxygen atoms in total. The van der Waals surface area contributed by atoms with E-state index < -0.39 is 42.5 Å². The molecule has 0 aliphatic heterocycles. The molecule has 1 N–H and O–H groups in total. The third-order valence-electron chi connectivity index (χ3n) is 3.14. The Morgan fingerprint density at radius 3 is 2.04 bits per heavy atom. The fourth-order valence-corrected chi connectivity index (χ4v) is 3.21. The smallest absolute Gasteiger partial charge is 0.321 e. The molecule has 0 aliphatic rings. The SMILES string of the molecule is O=P(O)(O[C@H](c1cccc(C(F)(F)F)c1)C(F)(F)F)c1ccccc1. The number of hydrogen-bond acceptors (Lipinski definition) is 2. The lowest BCUT2D eigenvalue weighted by molar-refractivity contribution is -0.199. The first-order valence-corrected chi connectivity index (χ1v) is 8.30. The van der Waals surface area contributed by atoms with Crippen molar-refractivity contribution in [3.8, 4) is 0 Å². The molecule has 2 aromatic carbocycles. The van der Waals surface area contributed by atoms with Crippen LogP contribution in [0.3, 0.4) is 0 Å². The van der Waals surface area contributed by atoms with Crippen molar-refractivity contribution in [2.24, 2.45) is 0 Å². The van der Waals surface area contributed by atoms with Gasteiger partial charge in [-0.25, -0.2) is 0 Å². The summed E-state index contributed by atoms with van der Waals surface area (Å²) in [4.78, 5) is 9.82. The molecule has 136 valence electrons. The molecule has 2 atom stereocenters. The molecule has 0 aromatic heterocycles. The molecule has 0 amide bonds. The quantitative estimate of drug-likeness (QED) is 0.607. The van der Waals surface area contributed by atoms with E-state index in [0.29, 0.717) is 6.07 Å². The van der Waals surface area contributed by atoms with Crippen LogP contribution in [-0.2, 0) is 15.3 Å². The Kier molecular flexibility index (Phi) is 5.32. The van der Waals surface area contributed by atoms with E-state index in [9.17, 15) is 35.8 Å². The van der Waals surface area contributed by atoms with Gasteiger partial charge in [0, 0.05) is 0 Å². The van der Waals surface area contributed by atoms with Gasteiger partial charge in [0.2, 0.25) is 0 Å². The molecule has 1 unspecified atom stereocenters. The minimum Gasteiger partial charge on any atom is -0.321 e. The highest BCUT2D eigenvalue weighted by Crippen LogP contribution is 2.51. The largest absolute Gasteiger partial charge is 0.419 e. The molecule has 0 fully saturated rings. The molecule has 2 rings (SSSR count). The van der Waals surface area contributed by atoms with Crippen LogP contribution in [0.2, 0.25) is 0 Å². The fourth-order valence-electron chi connectivity index (χ4n) is 2.01. The Bertz CT molecular complexity index is 773. The van der Waals surface area contributed by atoms with Crippen molar-refractivity contribution in [1.29, 1.82) is 0 Å². The van der Waals surface area contributed by atoms with Gasteiger partial charge in [0.25, 0.3) is 0 Å². The molecule has 0 heterocycles. The first-order valence-electron chi connectivity index (χ1n) is 6.72. The van der Waals surface area contributed by atoms with Crippen molar-refractivity contribution in [3.05, 3.63) is 65.7 Å². The van der Waals surface area contributed by atoms with Gasteiger partial charge in [-0.15, -0.1) is 0 Å². The molecule has 25 heavy (non-hydrogen) atoms. The zero-order valence-corrected chi connectivity index (χ0v) is 13.1. The molecule has 2 aromatic rings. The van der Waals surface area contributed by atoms with Gasteiger partial charge < -0.3 is 4.89 Å². The second-order valence-corrected chi connectivity index (χ2v) is 6.77. The lowest BCUT2D eigenvalue weighted by Crippen LogP contribution is -2.25. The number of rotatable bonds is 4. The minimum atomic E-state index is -5.20. The van der Waals surface area contributed by atoms with E-state index in [4.69, 9.17) is 0 Å². The molecule has 0 bridgehead atoms. The van der Waals surface area contributed by atoms with Crippen molar-refractivity contribution >= 4 is 12.9 Å². The lowest BCUT2D eigenvalue weighted by atomic mass is 10.1. The summed E-state index contributed by atoms with van der Waals surface area (Å²) < 4.78 is 94.3. The van der Waals surface area contributed by atoms with Crippen LogP contribution >= 0.6 is 7.60 Å². The van der Waals surface area contributed by atoms with Gasteiger partial charge >= 0.3 is 19.9 Å². The van der Waals surface area contributed by atoms with Crippen molar-refractivity contribution < 1.29 is 40.3 Å². The Morgan fingerprint density at radius 2 is 1.52 bits per heavy atom. The standard InChI is InChI=1S/C15H11F6O3P/c16-14(17,18)11-6-4-5-10(9-11)13(15(19,20)21)24-25(22,23)12-7-2-1-3-8-12/h1-9,13H,(H,22,23)/t13-/m1/s1. The second kappa shape index (κ2) is 6.82.